The Labute approximate surface area is 173 Å². The van der Waals surface area contributed by atoms with E-state index >= 15 is 0 Å². The summed E-state index contributed by atoms with van der Waals surface area (Å²) in [6.07, 6.45) is 0.131. The van der Waals surface area contributed by atoms with Crippen molar-refractivity contribution in [1.82, 2.24) is 0 Å². The van der Waals surface area contributed by atoms with Gasteiger partial charge in [-0.15, -0.1) is 0 Å². The maximum atomic E-state index is 12.4. The number of carbonyl (C=O) groups excluding carboxylic acids is 1. The van der Waals surface area contributed by atoms with Crippen molar-refractivity contribution in [2.24, 2.45) is 5.14 Å². The molecule has 2 rings (SSSR count). The molecule has 1 amide bonds. The Morgan fingerprint density at radius 1 is 1.07 bits per heavy atom. The van der Waals surface area contributed by atoms with Crippen LogP contribution in [-0.4, -0.2) is 27.5 Å². The molecule has 0 unspecified atom stereocenters. The first-order valence-electron chi connectivity index (χ1n) is 8.69. The van der Waals surface area contributed by atoms with Crippen LogP contribution in [0.15, 0.2) is 40.9 Å². The number of sulfonamides is 1. The van der Waals surface area contributed by atoms with E-state index in [0.717, 1.165) is 10.0 Å². The molecule has 0 fully saturated rings. The second-order valence-electron chi connectivity index (χ2n) is 5.99. The molecule has 0 radical (unpaired) electrons. The van der Waals surface area contributed by atoms with Gasteiger partial charge in [0.1, 0.15) is 0 Å². The minimum atomic E-state index is -3.59. The van der Waals surface area contributed by atoms with Gasteiger partial charge in [-0.25, -0.2) is 13.6 Å². The number of benzene rings is 2. The highest BCUT2D eigenvalue weighted by Crippen LogP contribution is 2.34. The zero-order chi connectivity index (χ0) is 20.7. The molecule has 0 spiro atoms. The summed E-state index contributed by atoms with van der Waals surface area (Å²) in [6, 6.07) is 10.1. The van der Waals surface area contributed by atoms with Crippen molar-refractivity contribution in [2.75, 3.05) is 18.5 Å². The molecule has 0 saturated carbocycles. The van der Waals surface area contributed by atoms with Crippen LogP contribution in [-0.2, 0) is 27.0 Å². The number of hydrogen-bond donors (Lipinski definition) is 2. The highest BCUT2D eigenvalue weighted by atomic mass is 79.9. The van der Waals surface area contributed by atoms with Gasteiger partial charge in [0.15, 0.2) is 11.5 Å². The normalized spacial score (nSPS) is 11.1. The average Bonchev–Trinajstić information content (AvgIpc) is 2.59. The Balaban J connectivity index is 2.09. The SMILES string of the molecule is CCOc1cc(Br)c(CC(=O)Nc2ccc(CS(N)(=O)=O)cc2)cc1OCC. The molecule has 0 aromatic heterocycles. The summed E-state index contributed by atoms with van der Waals surface area (Å²) in [5.74, 6) is 0.737. The lowest BCUT2D eigenvalue weighted by atomic mass is 10.1. The maximum Gasteiger partial charge on any atom is 0.228 e. The van der Waals surface area contributed by atoms with Gasteiger partial charge < -0.3 is 14.8 Å². The Morgan fingerprint density at radius 3 is 2.18 bits per heavy atom. The fraction of sp³-hybridized carbons (Fsp3) is 0.316. The molecule has 0 aliphatic rings. The Hall–Kier alpha value is -2.10. The molecule has 152 valence electrons. The largest absolute Gasteiger partial charge is 0.490 e. The van der Waals surface area contributed by atoms with E-state index in [4.69, 9.17) is 14.6 Å². The zero-order valence-corrected chi connectivity index (χ0v) is 18.1. The number of rotatable bonds is 9. The van der Waals surface area contributed by atoms with Gasteiger partial charge in [-0.1, -0.05) is 28.1 Å². The lowest BCUT2D eigenvalue weighted by Crippen LogP contribution is -2.16. The number of nitrogens with two attached hydrogens (primary N) is 1. The van der Waals surface area contributed by atoms with Gasteiger partial charge in [0.05, 0.1) is 25.4 Å². The zero-order valence-electron chi connectivity index (χ0n) is 15.7. The minimum absolute atomic E-state index is 0.131. The topological polar surface area (TPSA) is 108 Å². The van der Waals surface area contributed by atoms with Crippen molar-refractivity contribution in [3.8, 4) is 11.5 Å². The summed E-state index contributed by atoms with van der Waals surface area (Å²) < 4.78 is 34.2. The highest BCUT2D eigenvalue weighted by Gasteiger charge is 2.14. The molecule has 2 aromatic carbocycles. The molecular formula is C19H23BrN2O5S. The third kappa shape index (κ3) is 6.81. The number of nitrogens with one attached hydrogen (secondary N) is 1. The number of hydrogen-bond acceptors (Lipinski definition) is 5. The summed E-state index contributed by atoms with van der Waals surface area (Å²) in [5, 5.41) is 7.81. The number of amides is 1. The third-order valence-electron chi connectivity index (χ3n) is 3.67. The molecular weight excluding hydrogens is 448 g/mol. The molecule has 3 N–H and O–H groups in total. The minimum Gasteiger partial charge on any atom is -0.490 e. The van der Waals surface area contributed by atoms with E-state index in [2.05, 4.69) is 21.2 Å². The Bertz CT molecular complexity index is 930. The quantitative estimate of drug-likeness (QED) is 0.584. The van der Waals surface area contributed by atoms with E-state index in [9.17, 15) is 13.2 Å². The van der Waals surface area contributed by atoms with E-state index in [-0.39, 0.29) is 18.1 Å². The number of halogens is 1. The van der Waals surface area contributed by atoms with Crippen LogP contribution in [0.5, 0.6) is 11.5 Å². The van der Waals surface area contributed by atoms with Gasteiger partial charge in [0, 0.05) is 10.2 Å². The summed E-state index contributed by atoms with van der Waals surface area (Å²) in [5.41, 5.74) is 1.88. The van der Waals surface area contributed by atoms with Crippen molar-refractivity contribution >= 4 is 37.5 Å². The van der Waals surface area contributed by atoms with Gasteiger partial charge in [0.2, 0.25) is 15.9 Å². The third-order valence-corrected chi connectivity index (χ3v) is 5.14. The molecule has 9 heteroatoms. The predicted octanol–water partition coefficient (Wildman–Crippen LogP) is 3.22. The van der Waals surface area contributed by atoms with Crippen LogP contribution in [0.2, 0.25) is 0 Å². The highest BCUT2D eigenvalue weighted by molar-refractivity contribution is 9.10. The summed E-state index contributed by atoms with van der Waals surface area (Å²) in [6.45, 7) is 4.76. The molecule has 0 aliphatic heterocycles. The van der Waals surface area contributed by atoms with Crippen LogP contribution < -0.4 is 19.9 Å². The second kappa shape index (κ2) is 9.90. The fourth-order valence-electron chi connectivity index (χ4n) is 2.54. The van der Waals surface area contributed by atoms with Crippen molar-refractivity contribution in [3.05, 3.63) is 52.0 Å². The van der Waals surface area contributed by atoms with Crippen LogP contribution in [0.1, 0.15) is 25.0 Å². The lowest BCUT2D eigenvalue weighted by molar-refractivity contribution is -0.115. The van der Waals surface area contributed by atoms with E-state index in [1.807, 2.05) is 13.8 Å². The van der Waals surface area contributed by atoms with Crippen LogP contribution >= 0.6 is 15.9 Å². The first-order chi connectivity index (χ1) is 13.2. The maximum absolute atomic E-state index is 12.4. The fourth-order valence-corrected chi connectivity index (χ4v) is 3.66. The summed E-state index contributed by atoms with van der Waals surface area (Å²) >= 11 is 3.47. The molecule has 0 saturated heterocycles. The lowest BCUT2D eigenvalue weighted by Gasteiger charge is -2.14. The molecule has 0 aliphatic carbocycles. The van der Waals surface area contributed by atoms with E-state index in [1.165, 1.54) is 0 Å². The van der Waals surface area contributed by atoms with Crippen molar-refractivity contribution in [2.45, 2.75) is 26.0 Å². The van der Waals surface area contributed by atoms with E-state index in [0.29, 0.717) is 36.0 Å². The van der Waals surface area contributed by atoms with E-state index < -0.39 is 10.0 Å². The number of carbonyl (C=O) groups is 1. The molecule has 0 bridgehead atoms. The van der Waals surface area contributed by atoms with Gasteiger partial charge >= 0.3 is 0 Å². The first-order valence-corrected chi connectivity index (χ1v) is 11.2. The second-order valence-corrected chi connectivity index (χ2v) is 8.45. The number of ether oxygens (including phenoxy) is 2. The summed E-state index contributed by atoms with van der Waals surface area (Å²) in [4.78, 5) is 12.4. The Morgan fingerprint density at radius 2 is 1.64 bits per heavy atom. The van der Waals surface area contributed by atoms with Crippen LogP contribution in [0, 0.1) is 0 Å². The molecule has 28 heavy (non-hydrogen) atoms. The van der Waals surface area contributed by atoms with Crippen molar-refractivity contribution < 1.29 is 22.7 Å². The number of anilines is 1. The van der Waals surface area contributed by atoms with Gasteiger partial charge in [-0.2, -0.15) is 0 Å². The van der Waals surface area contributed by atoms with Gasteiger partial charge in [-0.05, 0) is 49.2 Å². The van der Waals surface area contributed by atoms with Gasteiger partial charge in [-0.3, -0.25) is 4.79 Å². The smallest absolute Gasteiger partial charge is 0.228 e. The monoisotopic (exact) mass is 470 g/mol. The molecule has 0 heterocycles. The van der Waals surface area contributed by atoms with Crippen molar-refractivity contribution in [1.29, 1.82) is 0 Å². The summed E-state index contributed by atoms with van der Waals surface area (Å²) in [7, 11) is -3.59. The first kappa shape index (κ1) is 22.2. The molecule has 7 nitrogen and oxygen atoms in total. The standard InChI is InChI=1S/C19H23BrN2O5S/c1-3-26-17-9-14(16(20)11-18(17)27-4-2)10-19(23)22-15-7-5-13(6-8-15)12-28(21,24)25/h5-9,11H,3-4,10,12H2,1-2H3,(H,22,23)(H2,21,24,25). The Kier molecular flexibility index (Phi) is 7.85. The molecule has 0 atom stereocenters. The average molecular weight is 471 g/mol. The van der Waals surface area contributed by atoms with Gasteiger partial charge in [0.25, 0.3) is 0 Å². The van der Waals surface area contributed by atoms with Crippen LogP contribution in [0.25, 0.3) is 0 Å². The van der Waals surface area contributed by atoms with Crippen LogP contribution in [0.4, 0.5) is 5.69 Å². The van der Waals surface area contributed by atoms with Crippen LogP contribution in [0.3, 0.4) is 0 Å². The predicted molar refractivity (Wildman–Crippen MR) is 112 cm³/mol. The van der Waals surface area contributed by atoms with E-state index in [1.54, 1.807) is 36.4 Å². The van der Waals surface area contributed by atoms with Crippen molar-refractivity contribution in [3.63, 3.8) is 0 Å². The number of primary sulfonamides is 1. The molecule has 2 aromatic rings.